The van der Waals surface area contributed by atoms with Crippen molar-refractivity contribution in [3.05, 3.63) is 52.7 Å². The first-order chi connectivity index (χ1) is 10.2. The molecule has 21 heavy (non-hydrogen) atoms. The maximum absolute atomic E-state index is 12.6. The van der Waals surface area contributed by atoms with Gasteiger partial charge in [-0.3, -0.25) is 9.99 Å². The molecule has 1 N–H and O–H groups in total. The van der Waals surface area contributed by atoms with Gasteiger partial charge in [0.1, 0.15) is 0 Å². The van der Waals surface area contributed by atoms with Gasteiger partial charge in [-0.2, -0.15) is 5.10 Å². The van der Waals surface area contributed by atoms with E-state index < -0.39 is 7.60 Å². The molecule has 0 atom stereocenters. The van der Waals surface area contributed by atoms with Gasteiger partial charge in [-0.25, -0.2) is 0 Å². The molecule has 112 valence electrons. The summed E-state index contributed by atoms with van der Waals surface area (Å²) in [7, 11) is -0.659. The summed E-state index contributed by atoms with van der Waals surface area (Å²) in [6.07, 6.45) is 0.413. The van der Waals surface area contributed by atoms with Gasteiger partial charge < -0.3 is 9.05 Å². The standard InChI is InChI=1S/C14H17N2O3PS/c1-18-20(17,19-2)14(11-13-9-6-10-21-13)16-15-12-7-4-3-5-8-12/h3-10,15H,11H2,1-2H3/b16-14-. The van der Waals surface area contributed by atoms with E-state index in [0.717, 1.165) is 10.6 Å². The van der Waals surface area contributed by atoms with E-state index in [1.807, 2.05) is 47.8 Å². The average molecular weight is 324 g/mol. The molecular weight excluding hydrogens is 307 g/mol. The van der Waals surface area contributed by atoms with E-state index in [4.69, 9.17) is 9.05 Å². The first-order valence-corrected chi connectivity index (χ1v) is 8.72. The van der Waals surface area contributed by atoms with Gasteiger partial charge in [-0.05, 0) is 23.6 Å². The summed E-state index contributed by atoms with van der Waals surface area (Å²) < 4.78 is 22.7. The van der Waals surface area contributed by atoms with E-state index in [9.17, 15) is 4.57 Å². The van der Waals surface area contributed by atoms with Crippen LogP contribution < -0.4 is 5.43 Å². The summed E-state index contributed by atoms with van der Waals surface area (Å²) in [6, 6.07) is 13.3. The first-order valence-electron chi connectivity index (χ1n) is 6.30. The van der Waals surface area contributed by atoms with Crippen LogP contribution >= 0.6 is 18.9 Å². The van der Waals surface area contributed by atoms with Crippen molar-refractivity contribution in [1.82, 2.24) is 0 Å². The second-order valence-electron chi connectivity index (χ2n) is 4.12. The van der Waals surface area contributed by atoms with Crippen LogP contribution in [-0.2, 0) is 20.0 Å². The summed E-state index contributed by atoms with van der Waals surface area (Å²) in [5.74, 6) is 0. The Morgan fingerprint density at radius 2 is 1.90 bits per heavy atom. The number of rotatable bonds is 7. The number of nitrogens with one attached hydrogen (secondary N) is 1. The topological polar surface area (TPSA) is 59.9 Å². The van der Waals surface area contributed by atoms with Gasteiger partial charge in [0.25, 0.3) is 0 Å². The summed E-state index contributed by atoms with van der Waals surface area (Å²) in [5.41, 5.74) is 4.04. The van der Waals surface area contributed by atoms with Gasteiger partial charge in [0.2, 0.25) is 0 Å². The molecule has 7 heteroatoms. The molecule has 0 amide bonds. The Morgan fingerprint density at radius 3 is 2.48 bits per heavy atom. The lowest BCUT2D eigenvalue weighted by atomic mass is 10.3. The molecule has 0 aliphatic rings. The molecule has 5 nitrogen and oxygen atoms in total. The minimum absolute atomic E-state index is 0.346. The Hall–Kier alpha value is -1.46. The molecule has 2 aromatic rings. The summed E-state index contributed by atoms with van der Waals surface area (Å²) in [4.78, 5) is 1.04. The van der Waals surface area contributed by atoms with Gasteiger partial charge in [0.15, 0.2) is 5.45 Å². The lowest BCUT2D eigenvalue weighted by Crippen LogP contribution is -2.09. The van der Waals surface area contributed by atoms with Gasteiger partial charge >= 0.3 is 7.60 Å². The maximum atomic E-state index is 12.6. The molecule has 1 aromatic carbocycles. The Kier molecular flexibility index (Phi) is 5.70. The number of nitrogens with zero attached hydrogens (tertiary/aromatic N) is 1. The monoisotopic (exact) mass is 324 g/mol. The molecule has 0 saturated heterocycles. The van der Waals surface area contributed by atoms with Crippen LogP contribution in [0.25, 0.3) is 0 Å². The molecular formula is C14H17N2O3PS. The zero-order valence-electron chi connectivity index (χ0n) is 11.9. The molecule has 1 heterocycles. The molecule has 0 radical (unpaired) electrons. The van der Waals surface area contributed by atoms with Crippen LogP contribution in [0.5, 0.6) is 0 Å². The number of hydrazone groups is 1. The fourth-order valence-electron chi connectivity index (χ4n) is 1.69. The fraction of sp³-hybridized carbons (Fsp3) is 0.214. The van der Waals surface area contributed by atoms with Gasteiger partial charge in [-0.15, -0.1) is 11.3 Å². The third kappa shape index (κ3) is 4.25. The molecule has 0 spiro atoms. The van der Waals surface area contributed by atoms with Crippen LogP contribution in [0.1, 0.15) is 4.88 Å². The molecule has 2 rings (SSSR count). The smallest absolute Gasteiger partial charge is 0.308 e. The van der Waals surface area contributed by atoms with E-state index >= 15 is 0 Å². The molecule has 0 unspecified atom stereocenters. The number of benzene rings is 1. The first kappa shape index (κ1) is 15.9. The Bertz CT molecular complexity index is 621. The second-order valence-corrected chi connectivity index (χ2v) is 7.40. The van der Waals surface area contributed by atoms with Crippen LogP contribution in [0, 0.1) is 0 Å². The molecule has 0 bridgehead atoms. The Labute approximate surface area is 128 Å². The highest BCUT2D eigenvalue weighted by Gasteiger charge is 2.30. The Morgan fingerprint density at radius 1 is 1.19 bits per heavy atom. The predicted octanol–water partition coefficient (Wildman–Crippen LogP) is 4.20. The number of para-hydroxylation sites is 1. The van der Waals surface area contributed by atoms with E-state index in [0.29, 0.717) is 11.9 Å². The Balaban J connectivity index is 2.24. The highest BCUT2D eigenvalue weighted by Crippen LogP contribution is 2.49. The summed E-state index contributed by atoms with van der Waals surface area (Å²) >= 11 is 1.57. The van der Waals surface area contributed by atoms with Crippen molar-refractivity contribution in [2.45, 2.75) is 6.42 Å². The predicted molar refractivity (Wildman–Crippen MR) is 87.1 cm³/mol. The summed E-state index contributed by atoms with van der Waals surface area (Å²) in [6.45, 7) is 0. The van der Waals surface area contributed by atoms with Crippen LogP contribution in [0.4, 0.5) is 5.69 Å². The minimum atomic E-state index is -3.38. The van der Waals surface area contributed by atoms with Gasteiger partial charge in [-0.1, -0.05) is 24.3 Å². The van der Waals surface area contributed by atoms with E-state index in [2.05, 4.69) is 10.5 Å². The number of hydrogen-bond acceptors (Lipinski definition) is 6. The third-order valence-corrected chi connectivity index (χ3v) is 5.53. The summed E-state index contributed by atoms with van der Waals surface area (Å²) in [5, 5.41) is 6.20. The molecule has 0 fully saturated rings. The third-order valence-electron chi connectivity index (χ3n) is 2.80. The second kappa shape index (κ2) is 7.52. The van der Waals surface area contributed by atoms with E-state index in [1.54, 1.807) is 11.3 Å². The van der Waals surface area contributed by atoms with E-state index in [1.165, 1.54) is 14.2 Å². The van der Waals surface area contributed by atoms with Crippen molar-refractivity contribution in [2.75, 3.05) is 19.6 Å². The van der Waals surface area contributed by atoms with E-state index in [-0.39, 0.29) is 0 Å². The zero-order chi connectivity index (χ0) is 15.1. The highest BCUT2D eigenvalue weighted by atomic mass is 32.1. The van der Waals surface area contributed by atoms with Crippen molar-refractivity contribution in [3.8, 4) is 0 Å². The number of anilines is 1. The van der Waals surface area contributed by atoms with Crippen molar-refractivity contribution in [3.63, 3.8) is 0 Å². The van der Waals surface area contributed by atoms with Crippen LogP contribution in [0.3, 0.4) is 0 Å². The van der Waals surface area contributed by atoms with Crippen LogP contribution in [0.2, 0.25) is 0 Å². The lowest BCUT2D eigenvalue weighted by Gasteiger charge is -2.15. The normalized spacial score (nSPS) is 12.4. The SMILES string of the molecule is COP(=O)(OC)/C(Cc1cccs1)=N\Nc1ccccc1. The quantitative estimate of drug-likeness (QED) is 0.471. The van der Waals surface area contributed by atoms with Crippen molar-refractivity contribution >= 4 is 30.1 Å². The van der Waals surface area contributed by atoms with Crippen LogP contribution in [-0.4, -0.2) is 19.7 Å². The zero-order valence-corrected chi connectivity index (χ0v) is 13.6. The molecule has 1 aromatic heterocycles. The average Bonchev–Trinajstić information content (AvgIpc) is 3.04. The van der Waals surface area contributed by atoms with Crippen LogP contribution in [0.15, 0.2) is 52.9 Å². The highest BCUT2D eigenvalue weighted by molar-refractivity contribution is 7.72. The fourth-order valence-corrected chi connectivity index (χ4v) is 3.62. The van der Waals surface area contributed by atoms with Gasteiger partial charge in [0.05, 0.1) is 5.69 Å². The maximum Gasteiger partial charge on any atom is 0.377 e. The molecule has 0 aliphatic carbocycles. The number of thiophene rings is 1. The number of hydrogen-bond donors (Lipinski definition) is 1. The minimum Gasteiger partial charge on any atom is -0.308 e. The molecule has 0 saturated carbocycles. The largest absolute Gasteiger partial charge is 0.377 e. The van der Waals surface area contributed by atoms with Gasteiger partial charge in [0, 0.05) is 25.5 Å². The van der Waals surface area contributed by atoms with Crippen molar-refractivity contribution < 1.29 is 13.6 Å². The lowest BCUT2D eigenvalue weighted by molar-refractivity contribution is 0.290. The van der Waals surface area contributed by atoms with Crippen molar-refractivity contribution in [1.29, 1.82) is 0 Å². The molecule has 0 aliphatic heterocycles. The van der Waals surface area contributed by atoms with Crippen molar-refractivity contribution in [2.24, 2.45) is 5.10 Å².